The lowest BCUT2D eigenvalue weighted by atomic mass is 10.1. The molecule has 0 aliphatic rings. The largest absolute Gasteiger partial charge is 0.494 e. The predicted octanol–water partition coefficient (Wildman–Crippen LogP) is 1.69. The first kappa shape index (κ1) is 12.9. The highest BCUT2D eigenvalue weighted by Crippen LogP contribution is 2.19. The van der Waals surface area contributed by atoms with E-state index in [-0.39, 0.29) is 24.2 Å². The Labute approximate surface area is 95.2 Å². The van der Waals surface area contributed by atoms with Crippen molar-refractivity contribution in [2.45, 2.75) is 25.9 Å². The fourth-order valence-corrected chi connectivity index (χ4v) is 1.44. The highest BCUT2D eigenvalue weighted by Gasteiger charge is 2.09. The van der Waals surface area contributed by atoms with Crippen LogP contribution in [0, 0.1) is 5.82 Å². The van der Waals surface area contributed by atoms with Crippen molar-refractivity contribution in [1.29, 1.82) is 0 Å². The molecule has 16 heavy (non-hydrogen) atoms. The summed E-state index contributed by atoms with van der Waals surface area (Å²) in [6, 6.07) is 5.04. The monoisotopic (exact) mass is 227 g/mol. The molecule has 1 aromatic carbocycles. The molecule has 0 aromatic heterocycles. The molecule has 1 unspecified atom stereocenters. The van der Waals surface area contributed by atoms with Crippen molar-refractivity contribution >= 4 is 0 Å². The number of nitrogens with one attached hydrogen (secondary N) is 1. The van der Waals surface area contributed by atoms with E-state index in [0.717, 1.165) is 6.42 Å². The van der Waals surface area contributed by atoms with Crippen molar-refractivity contribution in [2.75, 3.05) is 13.7 Å². The van der Waals surface area contributed by atoms with E-state index in [1.165, 1.54) is 7.11 Å². The number of aliphatic hydroxyl groups is 1. The van der Waals surface area contributed by atoms with Gasteiger partial charge in [0.25, 0.3) is 0 Å². The zero-order valence-corrected chi connectivity index (χ0v) is 9.66. The second-order valence-corrected chi connectivity index (χ2v) is 3.60. The summed E-state index contributed by atoms with van der Waals surface area (Å²) >= 11 is 0. The Morgan fingerprint density at radius 1 is 1.50 bits per heavy atom. The summed E-state index contributed by atoms with van der Waals surface area (Å²) in [7, 11) is 1.44. The van der Waals surface area contributed by atoms with E-state index in [0.29, 0.717) is 12.1 Å². The Bertz CT molecular complexity index is 327. The zero-order valence-electron chi connectivity index (χ0n) is 9.66. The fraction of sp³-hybridized carbons (Fsp3) is 0.500. The number of benzene rings is 1. The molecule has 2 N–H and O–H groups in total. The summed E-state index contributed by atoms with van der Waals surface area (Å²) in [5.41, 5.74) is 0.547. The van der Waals surface area contributed by atoms with Gasteiger partial charge in [-0.15, -0.1) is 0 Å². The molecule has 0 aliphatic heterocycles. The van der Waals surface area contributed by atoms with E-state index in [2.05, 4.69) is 5.32 Å². The standard InChI is InChI=1S/C12H18FNO2/c1-3-10(8-15)14-7-9-5-4-6-11(16-2)12(9)13/h4-6,10,14-15H,3,7-8H2,1-2H3. The lowest BCUT2D eigenvalue weighted by Crippen LogP contribution is -2.31. The maximum absolute atomic E-state index is 13.7. The average Bonchev–Trinajstić information content (AvgIpc) is 2.32. The van der Waals surface area contributed by atoms with Crippen LogP contribution in [0.2, 0.25) is 0 Å². The van der Waals surface area contributed by atoms with Gasteiger partial charge in [-0.3, -0.25) is 0 Å². The lowest BCUT2D eigenvalue weighted by molar-refractivity contribution is 0.237. The van der Waals surface area contributed by atoms with Crippen molar-refractivity contribution in [1.82, 2.24) is 5.32 Å². The summed E-state index contributed by atoms with van der Waals surface area (Å²) in [6.07, 6.45) is 0.808. The van der Waals surface area contributed by atoms with Gasteiger partial charge in [-0.25, -0.2) is 4.39 Å². The number of hydrogen-bond donors (Lipinski definition) is 2. The maximum Gasteiger partial charge on any atom is 0.169 e. The first-order valence-corrected chi connectivity index (χ1v) is 5.38. The normalized spacial score (nSPS) is 12.5. The summed E-state index contributed by atoms with van der Waals surface area (Å²) < 4.78 is 18.6. The highest BCUT2D eigenvalue weighted by atomic mass is 19.1. The minimum Gasteiger partial charge on any atom is -0.494 e. The van der Waals surface area contributed by atoms with Gasteiger partial charge in [0.1, 0.15) is 0 Å². The number of aliphatic hydroxyl groups excluding tert-OH is 1. The second kappa shape index (κ2) is 6.45. The third-order valence-corrected chi connectivity index (χ3v) is 2.56. The van der Waals surface area contributed by atoms with E-state index in [1.54, 1.807) is 18.2 Å². The molecule has 0 spiro atoms. The van der Waals surface area contributed by atoms with Crippen LogP contribution < -0.4 is 10.1 Å². The Morgan fingerprint density at radius 3 is 2.81 bits per heavy atom. The van der Waals surface area contributed by atoms with Gasteiger partial charge in [0.2, 0.25) is 0 Å². The Hall–Kier alpha value is -1.13. The zero-order chi connectivity index (χ0) is 12.0. The number of hydrogen-bond acceptors (Lipinski definition) is 3. The molecule has 0 radical (unpaired) electrons. The average molecular weight is 227 g/mol. The molecule has 0 amide bonds. The van der Waals surface area contributed by atoms with Gasteiger partial charge >= 0.3 is 0 Å². The van der Waals surface area contributed by atoms with E-state index >= 15 is 0 Å². The van der Waals surface area contributed by atoms with Gasteiger partial charge < -0.3 is 15.2 Å². The van der Waals surface area contributed by atoms with E-state index in [1.807, 2.05) is 6.92 Å². The minimum atomic E-state index is -0.342. The molecule has 1 aromatic rings. The third-order valence-electron chi connectivity index (χ3n) is 2.56. The summed E-state index contributed by atoms with van der Waals surface area (Å²) in [5, 5.41) is 12.1. The first-order valence-electron chi connectivity index (χ1n) is 5.38. The number of rotatable bonds is 6. The van der Waals surface area contributed by atoms with Crippen molar-refractivity contribution < 1.29 is 14.2 Å². The first-order chi connectivity index (χ1) is 7.72. The van der Waals surface area contributed by atoms with Gasteiger partial charge in [0, 0.05) is 18.2 Å². The molecule has 3 nitrogen and oxygen atoms in total. The van der Waals surface area contributed by atoms with Crippen molar-refractivity contribution in [2.24, 2.45) is 0 Å². The van der Waals surface area contributed by atoms with Crippen LogP contribution in [0.1, 0.15) is 18.9 Å². The predicted molar refractivity (Wildman–Crippen MR) is 61.0 cm³/mol. The van der Waals surface area contributed by atoms with Crippen LogP contribution in [-0.4, -0.2) is 24.9 Å². The Balaban J connectivity index is 2.66. The van der Waals surface area contributed by atoms with Crippen LogP contribution in [-0.2, 0) is 6.54 Å². The lowest BCUT2D eigenvalue weighted by Gasteiger charge is -2.14. The van der Waals surface area contributed by atoms with Gasteiger partial charge in [-0.1, -0.05) is 19.1 Å². The number of halogens is 1. The molecule has 0 saturated carbocycles. The molecule has 0 fully saturated rings. The molecule has 1 atom stereocenters. The Morgan fingerprint density at radius 2 is 2.25 bits per heavy atom. The van der Waals surface area contributed by atoms with E-state index in [4.69, 9.17) is 9.84 Å². The second-order valence-electron chi connectivity index (χ2n) is 3.60. The molecule has 0 heterocycles. The maximum atomic E-state index is 13.7. The van der Waals surface area contributed by atoms with Crippen molar-refractivity contribution in [3.63, 3.8) is 0 Å². The van der Waals surface area contributed by atoms with Gasteiger partial charge in [-0.2, -0.15) is 0 Å². The van der Waals surface area contributed by atoms with Crippen molar-refractivity contribution in [3.05, 3.63) is 29.6 Å². The van der Waals surface area contributed by atoms with E-state index in [9.17, 15) is 4.39 Å². The van der Waals surface area contributed by atoms with Crippen molar-refractivity contribution in [3.8, 4) is 5.75 Å². The Kier molecular flexibility index (Phi) is 5.22. The summed E-state index contributed by atoms with van der Waals surface area (Å²) in [5.74, 6) is -0.0957. The molecular formula is C12H18FNO2. The van der Waals surface area contributed by atoms with Crippen LogP contribution in [0.15, 0.2) is 18.2 Å². The van der Waals surface area contributed by atoms with Gasteiger partial charge in [-0.05, 0) is 12.5 Å². The summed E-state index contributed by atoms with van der Waals surface area (Å²) in [6.45, 7) is 2.42. The molecule has 0 bridgehead atoms. The van der Waals surface area contributed by atoms with Crippen LogP contribution in [0.25, 0.3) is 0 Å². The minimum absolute atomic E-state index is 0.00519. The summed E-state index contributed by atoms with van der Waals surface area (Å²) in [4.78, 5) is 0. The van der Waals surface area contributed by atoms with Gasteiger partial charge in [0.05, 0.1) is 13.7 Å². The smallest absolute Gasteiger partial charge is 0.169 e. The van der Waals surface area contributed by atoms with Crippen LogP contribution in [0.3, 0.4) is 0 Å². The molecule has 90 valence electrons. The third kappa shape index (κ3) is 3.18. The quantitative estimate of drug-likeness (QED) is 0.777. The highest BCUT2D eigenvalue weighted by molar-refractivity contribution is 5.30. The number of ether oxygens (including phenoxy) is 1. The topological polar surface area (TPSA) is 41.5 Å². The van der Waals surface area contributed by atoms with Crippen LogP contribution in [0.5, 0.6) is 5.75 Å². The van der Waals surface area contributed by atoms with Gasteiger partial charge in [0.15, 0.2) is 11.6 Å². The van der Waals surface area contributed by atoms with Crippen LogP contribution >= 0.6 is 0 Å². The molecule has 0 saturated heterocycles. The number of methoxy groups -OCH3 is 1. The molecular weight excluding hydrogens is 209 g/mol. The van der Waals surface area contributed by atoms with Crippen LogP contribution in [0.4, 0.5) is 4.39 Å². The fourth-order valence-electron chi connectivity index (χ4n) is 1.44. The molecule has 0 aliphatic carbocycles. The van der Waals surface area contributed by atoms with E-state index < -0.39 is 0 Å². The molecule has 1 rings (SSSR count). The molecule has 4 heteroatoms. The SMILES string of the molecule is CCC(CO)NCc1cccc(OC)c1F.